The van der Waals surface area contributed by atoms with E-state index in [2.05, 4.69) is 36.4 Å². The maximum absolute atomic E-state index is 9.26. The molecule has 0 spiro atoms. The van der Waals surface area contributed by atoms with Crippen LogP contribution in [0.2, 0.25) is 0 Å². The molecule has 0 fully saturated rings. The zero-order valence-corrected chi connectivity index (χ0v) is 11.3. The van der Waals surface area contributed by atoms with E-state index in [0.29, 0.717) is 34.9 Å². The first-order valence-electron chi connectivity index (χ1n) is 6.43. The SMILES string of the molecule is CCCNc1nn(-c2ncnc3nc[nH]c23)c(N)c1C#N. The lowest BCUT2D eigenvalue weighted by Gasteiger charge is -2.02. The highest BCUT2D eigenvalue weighted by atomic mass is 15.4. The van der Waals surface area contributed by atoms with Crippen LogP contribution < -0.4 is 11.1 Å². The second-order valence-electron chi connectivity index (χ2n) is 4.36. The van der Waals surface area contributed by atoms with Gasteiger partial charge in [-0.25, -0.2) is 15.0 Å². The van der Waals surface area contributed by atoms with E-state index in [1.165, 1.54) is 17.3 Å². The van der Waals surface area contributed by atoms with Crippen molar-refractivity contribution in [3.05, 3.63) is 18.2 Å². The number of fused-ring (bicyclic) bond motifs is 1. The smallest absolute Gasteiger partial charge is 0.185 e. The summed E-state index contributed by atoms with van der Waals surface area (Å²) < 4.78 is 1.42. The lowest BCUT2D eigenvalue weighted by molar-refractivity contribution is 0.852. The van der Waals surface area contributed by atoms with Gasteiger partial charge in [0.15, 0.2) is 17.3 Å². The van der Waals surface area contributed by atoms with E-state index in [1.807, 2.05) is 6.92 Å². The Hall–Kier alpha value is -3.15. The van der Waals surface area contributed by atoms with Gasteiger partial charge in [0.2, 0.25) is 0 Å². The molecule has 0 aromatic carbocycles. The Kier molecular flexibility index (Phi) is 3.12. The van der Waals surface area contributed by atoms with Gasteiger partial charge in [-0.3, -0.25) is 0 Å². The van der Waals surface area contributed by atoms with Crippen molar-refractivity contribution >= 4 is 22.8 Å². The monoisotopic (exact) mass is 283 g/mol. The van der Waals surface area contributed by atoms with Crippen LogP contribution in [-0.4, -0.2) is 36.3 Å². The maximum Gasteiger partial charge on any atom is 0.185 e. The molecular formula is C12H13N9. The van der Waals surface area contributed by atoms with Gasteiger partial charge in [-0.05, 0) is 6.42 Å². The Bertz CT molecular complexity index is 823. The minimum absolute atomic E-state index is 0.228. The summed E-state index contributed by atoms with van der Waals surface area (Å²) in [6, 6.07) is 2.06. The molecule has 0 unspecified atom stereocenters. The van der Waals surface area contributed by atoms with E-state index >= 15 is 0 Å². The number of nitriles is 1. The van der Waals surface area contributed by atoms with Crippen LogP contribution in [0.4, 0.5) is 11.6 Å². The van der Waals surface area contributed by atoms with Crippen LogP contribution in [0.15, 0.2) is 12.7 Å². The Morgan fingerprint density at radius 3 is 3.05 bits per heavy atom. The normalized spacial score (nSPS) is 10.7. The summed E-state index contributed by atoms with van der Waals surface area (Å²) >= 11 is 0. The molecule has 0 atom stereocenters. The van der Waals surface area contributed by atoms with Gasteiger partial charge in [0.05, 0.1) is 6.33 Å². The quantitative estimate of drug-likeness (QED) is 0.645. The van der Waals surface area contributed by atoms with Crippen LogP contribution in [0.1, 0.15) is 18.9 Å². The van der Waals surface area contributed by atoms with Gasteiger partial charge in [-0.15, -0.1) is 5.10 Å². The standard InChI is InChI=1S/C12H13N9/c1-2-3-15-10-7(4-13)9(14)21(20-10)12-8-11(17-5-16-8)18-6-19-12/h5-6H,2-3,14H2,1H3,(H,15,20)(H,16,17,18,19). The average Bonchev–Trinajstić information content (AvgIpc) is 3.09. The van der Waals surface area contributed by atoms with Gasteiger partial charge >= 0.3 is 0 Å². The first-order chi connectivity index (χ1) is 10.3. The highest BCUT2D eigenvalue weighted by Crippen LogP contribution is 2.25. The Balaban J connectivity index is 2.17. The number of anilines is 2. The number of nitrogen functional groups attached to an aromatic ring is 1. The van der Waals surface area contributed by atoms with Gasteiger partial charge in [-0.1, -0.05) is 6.92 Å². The molecule has 0 radical (unpaired) electrons. The number of hydrogen-bond acceptors (Lipinski definition) is 7. The van der Waals surface area contributed by atoms with Gasteiger partial charge in [0.1, 0.15) is 29.3 Å². The number of rotatable bonds is 4. The van der Waals surface area contributed by atoms with Gasteiger partial charge in [-0.2, -0.15) is 9.94 Å². The summed E-state index contributed by atoms with van der Waals surface area (Å²) in [5.74, 6) is 1.13. The van der Waals surface area contributed by atoms with E-state index in [9.17, 15) is 5.26 Å². The third-order valence-corrected chi connectivity index (χ3v) is 2.98. The first kappa shape index (κ1) is 12.9. The van der Waals surface area contributed by atoms with E-state index in [-0.39, 0.29) is 5.82 Å². The fourth-order valence-corrected chi connectivity index (χ4v) is 1.98. The lowest BCUT2D eigenvalue weighted by atomic mass is 10.3. The molecule has 0 aliphatic carbocycles. The fourth-order valence-electron chi connectivity index (χ4n) is 1.98. The molecule has 3 aromatic heterocycles. The first-order valence-corrected chi connectivity index (χ1v) is 6.43. The van der Waals surface area contributed by atoms with Crippen LogP contribution in [0.3, 0.4) is 0 Å². The van der Waals surface area contributed by atoms with Crippen LogP contribution in [0, 0.1) is 11.3 Å². The Labute approximate surface area is 119 Å². The second-order valence-corrected chi connectivity index (χ2v) is 4.36. The maximum atomic E-state index is 9.26. The zero-order chi connectivity index (χ0) is 14.8. The van der Waals surface area contributed by atoms with Crippen molar-refractivity contribution in [2.45, 2.75) is 13.3 Å². The summed E-state index contributed by atoms with van der Waals surface area (Å²) in [6.45, 7) is 2.73. The number of hydrogen-bond donors (Lipinski definition) is 3. The number of nitrogens with two attached hydrogens (primary N) is 1. The number of H-pyrrole nitrogens is 1. The average molecular weight is 283 g/mol. The molecule has 0 aliphatic heterocycles. The highest BCUT2D eigenvalue weighted by Gasteiger charge is 2.19. The van der Waals surface area contributed by atoms with E-state index in [0.717, 1.165) is 6.42 Å². The van der Waals surface area contributed by atoms with Crippen LogP contribution >= 0.6 is 0 Å². The van der Waals surface area contributed by atoms with Crippen LogP contribution in [-0.2, 0) is 0 Å². The molecule has 0 saturated heterocycles. The molecule has 0 aliphatic rings. The third-order valence-electron chi connectivity index (χ3n) is 2.98. The van der Waals surface area contributed by atoms with Crippen molar-refractivity contribution < 1.29 is 0 Å². The summed E-state index contributed by atoms with van der Waals surface area (Å²) in [6.07, 6.45) is 3.81. The van der Waals surface area contributed by atoms with E-state index < -0.39 is 0 Å². The van der Waals surface area contributed by atoms with Crippen molar-refractivity contribution in [1.82, 2.24) is 29.7 Å². The molecule has 106 valence electrons. The summed E-state index contributed by atoms with van der Waals surface area (Å²) in [7, 11) is 0. The third kappa shape index (κ3) is 2.02. The van der Waals surface area contributed by atoms with Crippen LogP contribution in [0.5, 0.6) is 0 Å². The fraction of sp³-hybridized carbons (Fsp3) is 0.250. The minimum Gasteiger partial charge on any atom is -0.382 e. The number of aromatic nitrogens is 6. The van der Waals surface area contributed by atoms with E-state index in [1.54, 1.807) is 0 Å². The molecule has 0 saturated carbocycles. The Morgan fingerprint density at radius 2 is 2.29 bits per heavy atom. The summed E-state index contributed by atoms with van der Waals surface area (Å²) in [5.41, 5.74) is 7.44. The summed E-state index contributed by atoms with van der Waals surface area (Å²) in [4.78, 5) is 15.2. The van der Waals surface area contributed by atoms with E-state index in [4.69, 9.17) is 5.73 Å². The number of imidazole rings is 1. The molecule has 9 nitrogen and oxygen atoms in total. The predicted molar refractivity (Wildman–Crippen MR) is 76.7 cm³/mol. The Morgan fingerprint density at radius 1 is 1.43 bits per heavy atom. The van der Waals surface area contributed by atoms with Crippen molar-refractivity contribution in [2.24, 2.45) is 0 Å². The predicted octanol–water partition coefficient (Wildman–Crippen LogP) is 0.814. The van der Waals surface area contributed by atoms with Crippen molar-refractivity contribution in [3.8, 4) is 11.9 Å². The molecule has 3 aromatic rings. The molecule has 9 heteroatoms. The highest BCUT2D eigenvalue weighted by molar-refractivity contribution is 5.79. The van der Waals surface area contributed by atoms with Crippen molar-refractivity contribution in [2.75, 3.05) is 17.6 Å². The molecule has 0 amide bonds. The second kappa shape index (κ2) is 5.09. The molecule has 4 N–H and O–H groups in total. The number of aromatic amines is 1. The zero-order valence-electron chi connectivity index (χ0n) is 11.3. The molecule has 3 rings (SSSR count). The van der Waals surface area contributed by atoms with Crippen molar-refractivity contribution in [1.29, 1.82) is 5.26 Å². The molecule has 21 heavy (non-hydrogen) atoms. The lowest BCUT2D eigenvalue weighted by Crippen LogP contribution is -2.06. The largest absolute Gasteiger partial charge is 0.382 e. The molecular weight excluding hydrogens is 270 g/mol. The molecule has 3 heterocycles. The van der Waals surface area contributed by atoms with Crippen LogP contribution in [0.25, 0.3) is 17.0 Å². The molecule has 0 bridgehead atoms. The van der Waals surface area contributed by atoms with Gasteiger partial charge in [0, 0.05) is 6.54 Å². The number of nitrogens with zero attached hydrogens (tertiary/aromatic N) is 6. The summed E-state index contributed by atoms with van der Waals surface area (Å²) in [5, 5.41) is 16.7. The van der Waals surface area contributed by atoms with Crippen molar-refractivity contribution in [3.63, 3.8) is 0 Å². The number of nitrogens with one attached hydrogen (secondary N) is 2. The topological polar surface area (TPSA) is 134 Å². The minimum atomic E-state index is 0.228. The van der Waals surface area contributed by atoms with Gasteiger partial charge < -0.3 is 16.0 Å². The van der Waals surface area contributed by atoms with Gasteiger partial charge in [0.25, 0.3) is 0 Å².